The molecule has 1 rings (SSSR count). The second kappa shape index (κ2) is 8.47. The monoisotopic (exact) mass is 334 g/mol. The van der Waals surface area contributed by atoms with Crippen LogP contribution in [-0.4, -0.2) is 29.4 Å². The van der Waals surface area contributed by atoms with E-state index in [1.165, 1.54) is 0 Å². The molecule has 0 aliphatic heterocycles. The number of carboxylic acid groups (broad SMARTS) is 1. The molecule has 0 unspecified atom stereocenters. The van der Waals surface area contributed by atoms with E-state index in [-0.39, 0.29) is 24.7 Å². The van der Waals surface area contributed by atoms with Gasteiger partial charge in [0.25, 0.3) is 5.91 Å². The lowest BCUT2D eigenvalue weighted by Crippen LogP contribution is -2.27. The third-order valence-corrected chi connectivity index (χ3v) is 3.37. The molecule has 0 saturated carbocycles. The molecule has 0 atom stereocenters. The molecule has 0 bridgehead atoms. The Hall–Kier alpha value is -2.37. The van der Waals surface area contributed by atoms with Crippen molar-refractivity contribution < 1.29 is 19.5 Å². The lowest BCUT2D eigenvalue weighted by atomic mass is 9.85. The molecule has 1 aromatic carbocycles. The average molecular weight is 334 g/mol. The van der Waals surface area contributed by atoms with Crippen molar-refractivity contribution in [2.75, 3.05) is 11.9 Å². The third kappa shape index (κ3) is 7.26. The van der Waals surface area contributed by atoms with Crippen LogP contribution in [0.25, 0.3) is 0 Å². The lowest BCUT2D eigenvalue weighted by molar-refractivity contribution is -0.139. The minimum Gasteiger partial charge on any atom is -0.481 e. The summed E-state index contributed by atoms with van der Waals surface area (Å²) in [6.07, 6.45) is 0.0330. The van der Waals surface area contributed by atoms with Gasteiger partial charge in [0.2, 0.25) is 5.91 Å². The van der Waals surface area contributed by atoms with E-state index in [4.69, 9.17) is 5.11 Å². The van der Waals surface area contributed by atoms with Gasteiger partial charge in [-0.3, -0.25) is 14.4 Å². The van der Waals surface area contributed by atoms with Crippen LogP contribution in [0.3, 0.4) is 0 Å². The van der Waals surface area contributed by atoms with Crippen molar-refractivity contribution in [3.05, 3.63) is 29.8 Å². The van der Waals surface area contributed by atoms with Crippen LogP contribution in [0.5, 0.6) is 0 Å². The molecule has 1 aromatic rings. The number of aliphatic carboxylic acids is 1. The topological polar surface area (TPSA) is 95.5 Å². The number of carbonyl (C=O) groups is 3. The molecule has 0 saturated heterocycles. The molecule has 0 aliphatic rings. The van der Waals surface area contributed by atoms with E-state index in [0.29, 0.717) is 23.7 Å². The first-order valence-corrected chi connectivity index (χ1v) is 7.99. The Morgan fingerprint density at radius 1 is 1.08 bits per heavy atom. The molecular formula is C18H26N2O4. The van der Waals surface area contributed by atoms with Crippen molar-refractivity contribution in [3.8, 4) is 0 Å². The number of hydrogen-bond acceptors (Lipinski definition) is 3. The Kier molecular flexibility index (Phi) is 6.95. The minimum absolute atomic E-state index is 0.0740. The molecule has 0 fully saturated rings. The predicted octanol–water partition coefficient (Wildman–Crippen LogP) is 2.90. The first-order chi connectivity index (χ1) is 11.1. The Balaban J connectivity index is 2.59. The summed E-state index contributed by atoms with van der Waals surface area (Å²) in [6.45, 7) is 8.12. The second-order valence-corrected chi connectivity index (χ2v) is 7.14. The molecular weight excluding hydrogens is 308 g/mol. The maximum absolute atomic E-state index is 12.0. The van der Waals surface area contributed by atoms with E-state index < -0.39 is 11.4 Å². The van der Waals surface area contributed by atoms with Crippen LogP contribution in [0.4, 0.5) is 5.69 Å². The zero-order chi connectivity index (χ0) is 18.3. The van der Waals surface area contributed by atoms with E-state index in [0.717, 1.165) is 0 Å². The summed E-state index contributed by atoms with van der Waals surface area (Å²) in [6, 6.07) is 6.61. The van der Waals surface area contributed by atoms with Crippen LogP contribution >= 0.6 is 0 Å². The molecule has 24 heavy (non-hydrogen) atoms. The van der Waals surface area contributed by atoms with Gasteiger partial charge in [-0.2, -0.15) is 0 Å². The Morgan fingerprint density at radius 2 is 1.67 bits per heavy atom. The molecule has 0 radical (unpaired) electrons. The summed E-state index contributed by atoms with van der Waals surface area (Å²) in [7, 11) is 0. The zero-order valence-electron chi connectivity index (χ0n) is 14.7. The van der Waals surface area contributed by atoms with Gasteiger partial charge in [0.15, 0.2) is 0 Å². The summed E-state index contributed by atoms with van der Waals surface area (Å²) in [5.41, 5.74) is 0.485. The molecule has 0 heterocycles. The van der Waals surface area contributed by atoms with E-state index in [9.17, 15) is 14.4 Å². The van der Waals surface area contributed by atoms with Crippen LogP contribution in [0.1, 0.15) is 50.9 Å². The number of benzene rings is 1. The van der Waals surface area contributed by atoms with E-state index in [2.05, 4.69) is 10.6 Å². The molecule has 2 amide bonds. The predicted molar refractivity (Wildman–Crippen MR) is 92.9 cm³/mol. The first-order valence-electron chi connectivity index (χ1n) is 7.99. The molecule has 3 N–H and O–H groups in total. The fourth-order valence-electron chi connectivity index (χ4n) is 2.22. The van der Waals surface area contributed by atoms with Gasteiger partial charge in [0.05, 0.1) is 6.42 Å². The van der Waals surface area contributed by atoms with Crippen molar-refractivity contribution in [2.24, 2.45) is 11.3 Å². The van der Waals surface area contributed by atoms with Gasteiger partial charge in [-0.15, -0.1) is 0 Å². The van der Waals surface area contributed by atoms with Crippen molar-refractivity contribution >= 4 is 23.5 Å². The van der Waals surface area contributed by atoms with Crippen molar-refractivity contribution in [1.82, 2.24) is 5.32 Å². The standard InChI is InChI=1S/C18H26N2O4/c1-12(2)11-19-17(24)13-5-7-14(8-6-13)20-15(21)9-18(3,4)10-16(22)23/h5-8,12H,9-11H2,1-4H3,(H,19,24)(H,20,21)(H,22,23). The van der Waals surface area contributed by atoms with Crippen molar-refractivity contribution in [3.63, 3.8) is 0 Å². The Labute approximate surface area is 142 Å². The number of carbonyl (C=O) groups excluding carboxylic acids is 2. The fourth-order valence-corrected chi connectivity index (χ4v) is 2.22. The number of nitrogens with one attached hydrogen (secondary N) is 2. The zero-order valence-corrected chi connectivity index (χ0v) is 14.7. The highest BCUT2D eigenvalue weighted by molar-refractivity contribution is 5.96. The fraction of sp³-hybridized carbons (Fsp3) is 0.500. The number of carboxylic acids is 1. The molecule has 0 aromatic heterocycles. The molecule has 0 spiro atoms. The molecule has 0 aliphatic carbocycles. The van der Waals surface area contributed by atoms with Gasteiger partial charge >= 0.3 is 5.97 Å². The average Bonchev–Trinajstić information content (AvgIpc) is 2.43. The van der Waals surface area contributed by atoms with Gasteiger partial charge in [0.1, 0.15) is 0 Å². The normalized spacial score (nSPS) is 11.2. The summed E-state index contributed by atoms with van der Waals surface area (Å²) in [5, 5.41) is 14.4. The van der Waals surface area contributed by atoms with E-state index in [1.807, 2.05) is 13.8 Å². The summed E-state index contributed by atoms with van der Waals surface area (Å²) >= 11 is 0. The van der Waals surface area contributed by atoms with Crippen molar-refractivity contribution in [1.29, 1.82) is 0 Å². The van der Waals surface area contributed by atoms with Gasteiger partial charge in [0, 0.05) is 24.2 Å². The summed E-state index contributed by atoms with van der Waals surface area (Å²) < 4.78 is 0. The van der Waals surface area contributed by atoms with E-state index >= 15 is 0 Å². The Morgan fingerprint density at radius 3 is 2.17 bits per heavy atom. The third-order valence-electron chi connectivity index (χ3n) is 3.37. The van der Waals surface area contributed by atoms with E-state index in [1.54, 1.807) is 38.1 Å². The van der Waals surface area contributed by atoms with Crippen LogP contribution in [0, 0.1) is 11.3 Å². The van der Waals surface area contributed by atoms with Crippen molar-refractivity contribution in [2.45, 2.75) is 40.5 Å². The van der Waals surface area contributed by atoms with Gasteiger partial charge in [-0.05, 0) is 35.6 Å². The van der Waals surface area contributed by atoms with Crippen LogP contribution in [0.15, 0.2) is 24.3 Å². The maximum Gasteiger partial charge on any atom is 0.303 e. The number of hydrogen-bond donors (Lipinski definition) is 3. The number of amides is 2. The molecule has 132 valence electrons. The lowest BCUT2D eigenvalue weighted by Gasteiger charge is -2.21. The molecule has 6 nitrogen and oxygen atoms in total. The van der Waals surface area contributed by atoms with Gasteiger partial charge in [-0.25, -0.2) is 0 Å². The van der Waals surface area contributed by atoms with Crippen LogP contribution < -0.4 is 10.6 Å². The van der Waals surface area contributed by atoms with Crippen LogP contribution in [-0.2, 0) is 9.59 Å². The SMILES string of the molecule is CC(C)CNC(=O)c1ccc(NC(=O)CC(C)(C)CC(=O)O)cc1. The largest absolute Gasteiger partial charge is 0.481 e. The van der Waals surface area contributed by atoms with Gasteiger partial charge < -0.3 is 15.7 Å². The van der Waals surface area contributed by atoms with Gasteiger partial charge in [-0.1, -0.05) is 27.7 Å². The Bertz CT molecular complexity index is 592. The highest BCUT2D eigenvalue weighted by Gasteiger charge is 2.25. The second-order valence-electron chi connectivity index (χ2n) is 7.14. The summed E-state index contributed by atoms with van der Waals surface area (Å²) in [4.78, 5) is 34.7. The quantitative estimate of drug-likeness (QED) is 0.681. The maximum atomic E-state index is 12.0. The highest BCUT2D eigenvalue weighted by Crippen LogP contribution is 2.25. The highest BCUT2D eigenvalue weighted by atomic mass is 16.4. The number of anilines is 1. The minimum atomic E-state index is -0.926. The number of rotatable bonds is 8. The van der Waals surface area contributed by atoms with Crippen LogP contribution in [0.2, 0.25) is 0 Å². The first kappa shape index (κ1) is 19.7. The summed E-state index contributed by atoms with van der Waals surface area (Å²) in [5.74, 6) is -0.950. The smallest absolute Gasteiger partial charge is 0.303 e. The molecule has 6 heteroatoms.